The molecular weight excluding hydrogens is 950 g/mol. The number of nitrogens with one attached hydrogen (secondary N) is 2. The summed E-state index contributed by atoms with van der Waals surface area (Å²) in [6.45, 7) is 9.90. The van der Waals surface area contributed by atoms with E-state index in [4.69, 9.17) is 9.97 Å². The van der Waals surface area contributed by atoms with Crippen LogP contribution in [0.3, 0.4) is 0 Å². The standard InChI is InChI=1S/C58H68FN11O5/c1-36(2)69-35-61-48-33-47(63-53(52(48)69)62-46-9-5-4-8-45(46)59)39-10-13-44-49(30-39)70(42-31-41(32-42)65-22-6-3-7-23-65)57(75)58(44)20-28-68(29-21-58)56(74)38-18-26-67(27-19-38)55(73)37-16-24-66(25-17-37)50-14-11-40(34-60-50)43-12-15-51(71)64-54(43)72/h4-5,8-11,13-14,30,33-38,41-43H,3,6-7,12,15-29,31-32H2,1-2H3,(H,62,63)(H,64,71,72)/t41-,42+,43?. The second kappa shape index (κ2) is 20.1. The maximum absolute atomic E-state index is 15.3. The number of carbonyl (C=O) groups excluding carboxylic acids is 5. The number of hydrogen-bond donors (Lipinski definition) is 2. The number of pyridine rings is 2. The van der Waals surface area contributed by atoms with Gasteiger partial charge in [-0.2, -0.15) is 0 Å². The topological polar surface area (TPSA) is 169 Å². The van der Waals surface area contributed by atoms with Crippen LogP contribution in [0.2, 0.25) is 0 Å². The van der Waals surface area contributed by atoms with Crippen LogP contribution in [-0.4, -0.2) is 128 Å². The Morgan fingerprint density at radius 1 is 0.773 bits per heavy atom. The van der Waals surface area contributed by atoms with Gasteiger partial charge in [0, 0.05) is 93.1 Å². The fourth-order valence-corrected chi connectivity index (χ4v) is 13.5. The first kappa shape index (κ1) is 49.1. The molecule has 0 radical (unpaired) electrons. The van der Waals surface area contributed by atoms with E-state index in [0.717, 1.165) is 78.0 Å². The van der Waals surface area contributed by atoms with Crippen LogP contribution in [0, 0.1) is 17.7 Å². The van der Waals surface area contributed by atoms with Crippen LogP contribution in [0.15, 0.2) is 73.2 Å². The van der Waals surface area contributed by atoms with E-state index in [2.05, 4.69) is 62.4 Å². The summed E-state index contributed by atoms with van der Waals surface area (Å²) < 4.78 is 17.2. The normalized spacial score (nSPS) is 23.7. The van der Waals surface area contributed by atoms with Crippen LogP contribution < -0.4 is 20.4 Å². The summed E-state index contributed by atoms with van der Waals surface area (Å²) in [4.78, 5) is 92.9. The lowest BCUT2D eigenvalue weighted by Gasteiger charge is -2.48. The van der Waals surface area contributed by atoms with E-state index >= 15 is 9.18 Å². The van der Waals surface area contributed by atoms with Crippen molar-refractivity contribution in [3.63, 3.8) is 0 Å². The average molecular weight is 1020 g/mol. The van der Waals surface area contributed by atoms with Gasteiger partial charge in [0.2, 0.25) is 29.5 Å². The van der Waals surface area contributed by atoms with Gasteiger partial charge in [-0.15, -0.1) is 0 Å². The van der Waals surface area contributed by atoms with Crippen LogP contribution in [0.25, 0.3) is 22.3 Å². The number of hydrogen-bond acceptors (Lipinski definition) is 11. The Morgan fingerprint density at radius 2 is 1.48 bits per heavy atom. The van der Waals surface area contributed by atoms with Crippen LogP contribution >= 0.6 is 0 Å². The van der Waals surface area contributed by atoms with Crippen molar-refractivity contribution in [1.82, 2.24) is 39.5 Å². The molecule has 5 aromatic rings. The minimum Gasteiger partial charge on any atom is -0.357 e. The number of rotatable bonds is 10. The summed E-state index contributed by atoms with van der Waals surface area (Å²) in [6.07, 6.45) is 13.7. The number of fused-ring (bicyclic) bond motifs is 3. The Kier molecular flexibility index (Phi) is 13.2. The van der Waals surface area contributed by atoms with Crippen molar-refractivity contribution in [3.05, 3.63) is 90.1 Å². The predicted octanol–water partition coefficient (Wildman–Crippen LogP) is 7.86. The molecule has 2 aromatic carbocycles. The second-order valence-electron chi connectivity index (χ2n) is 22.6. The van der Waals surface area contributed by atoms with Gasteiger partial charge >= 0.3 is 0 Å². The number of nitrogens with zero attached hydrogens (tertiary/aromatic N) is 9. The molecule has 3 aromatic heterocycles. The number of piperidine rings is 5. The molecule has 1 atom stereocenters. The lowest BCUT2D eigenvalue weighted by Crippen LogP contribution is -2.58. The molecule has 1 spiro atoms. The maximum atomic E-state index is 15.3. The molecule has 9 heterocycles. The first-order valence-electron chi connectivity index (χ1n) is 27.7. The lowest BCUT2D eigenvalue weighted by molar-refractivity contribution is -0.144. The van der Waals surface area contributed by atoms with Gasteiger partial charge in [-0.25, -0.2) is 19.3 Å². The first-order valence-corrected chi connectivity index (χ1v) is 27.7. The Balaban J connectivity index is 0.712. The summed E-state index contributed by atoms with van der Waals surface area (Å²) in [5, 5.41) is 5.71. The van der Waals surface area contributed by atoms with Crippen molar-refractivity contribution >= 4 is 63.6 Å². The van der Waals surface area contributed by atoms with Gasteiger partial charge in [0.1, 0.15) is 17.2 Å². The van der Waals surface area contributed by atoms with E-state index < -0.39 is 5.41 Å². The number of imidazole rings is 1. The second-order valence-corrected chi connectivity index (χ2v) is 22.6. The number of aromatic nitrogens is 4. The molecule has 75 heavy (non-hydrogen) atoms. The van der Waals surface area contributed by atoms with Gasteiger partial charge in [0.25, 0.3) is 0 Å². The van der Waals surface area contributed by atoms with Crippen molar-refractivity contribution in [2.45, 2.75) is 127 Å². The molecule has 7 aliphatic rings. The number of para-hydroxylation sites is 1. The van der Waals surface area contributed by atoms with Crippen molar-refractivity contribution in [2.75, 3.05) is 67.5 Å². The highest BCUT2D eigenvalue weighted by Crippen LogP contribution is 2.52. The van der Waals surface area contributed by atoms with Gasteiger partial charge in [-0.3, -0.25) is 29.3 Å². The molecule has 6 aliphatic heterocycles. The third kappa shape index (κ3) is 9.11. The van der Waals surface area contributed by atoms with Crippen LogP contribution in [0.4, 0.5) is 27.4 Å². The highest BCUT2D eigenvalue weighted by molar-refractivity contribution is 6.09. The third-order valence-electron chi connectivity index (χ3n) is 18.0. The predicted molar refractivity (Wildman–Crippen MR) is 284 cm³/mol. The van der Waals surface area contributed by atoms with Crippen LogP contribution in [-0.2, 0) is 29.4 Å². The van der Waals surface area contributed by atoms with E-state index in [1.807, 2.05) is 32.6 Å². The molecule has 17 heteroatoms. The molecule has 1 aliphatic carbocycles. The summed E-state index contributed by atoms with van der Waals surface area (Å²) >= 11 is 0. The fraction of sp³-hybridized carbons (Fsp3) is 0.517. The zero-order valence-corrected chi connectivity index (χ0v) is 43.2. The third-order valence-corrected chi connectivity index (χ3v) is 18.0. The monoisotopic (exact) mass is 1020 g/mol. The molecule has 1 unspecified atom stereocenters. The highest BCUT2D eigenvalue weighted by Gasteiger charge is 2.56. The molecule has 1 saturated carbocycles. The summed E-state index contributed by atoms with van der Waals surface area (Å²) in [5.74, 6) is 0.247. The number of imide groups is 1. The van der Waals surface area contributed by atoms with Gasteiger partial charge < -0.3 is 34.4 Å². The van der Waals surface area contributed by atoms with E-state index in [1.165, 1.54) is 25.3 Å². The number of likely N-dealkylation sites (tertiary alicyclic amines) is 3. The summed E-state index contributed by atoms with van der Waals surface area (Å²) in [7, 11) is 0. The molecule has 6 fully saturated rings. The molecule has 12 rings (SSSR count). The highest BCUT2D eigenvalue weighted by atomic mass is 19.1. The van der Waals surface area contributed by atoms with Crippen molar-refractivity contribution in [3.8, 4) is 11.3 Å². The molecule has 16 nitrogen and oxygen atoms in total. The first-order chi connectivity index (χ1) is 36.4. The van der Waals surface area contributed by atoms with E-state index in [1.54, 1.807) is 30.7 Å². The smallest absolute Gasteiger partial charge is 0.238 e. The van der Waals surface area contributed by atoms with Crippen molar-refractivity contribution in [2.24, 2.45) is 11.8 Å². The molecular formula is C58H68FN11O5. The zero-order valence-electron chi connectivity index (χ0n) is 43.2. The fourth-order valence-electron chi connectivity index (χ4n) is 13.5. The number of halogens is 1. The molecule has 0 bridgehead atoms. The zero-order chi connectivity index (χ0) is 51.5. The SMILES string of the molecule is CC(C)n1cnc2cc(-c3ccc4c(c3)N([C@H]3C[C@@H](N5CCCCC5)C3)C(=O)C43CCN(C(=O)C4CCN(C(=O)C5CCN(c6ccc(C7CCC(=O)NC7=O)cn6)CC5)CC4)CC3)nc(Nc3ccccc3F)c21. The summed E-state index contributed by atoms with van der Waals surface area (Å²) in [6, 6.07) is 19.4. The number of amides is 5. The Morgan fingerprint density at radius 3 is 2.16 bits per heavy atom. The number of carbonyl (C=O) groups is 5. The largest absolute Gasteiger partial charge is 0.357 e. The maximum Gasteiger partial charge on any atom is 0.238 e. The molecule has 5 saturated heterocycles. The number of benzene rings is 2. The van der Waals surface area contributed by atoms with Gasteiger partial charge in [-0.05, 0) is 139 Å². The summed E-state index contributed by atoms with van der Waals surface area (Å²) in [5.41, 5.74) is 5.38. The van der Waals surface area contributed by atoms with Crippen molar-refractivity contribution < 1.29 is 28.4 Å². The Bertz CT molecular complexity index is 3010. The number of anilines is 4. The molecule has 392 valence electrons. The minimum atomic E-state index is -0.744. The van der Waals surface area contributed by atoms with Gasteiger partial charge in [-0.1, -0.05) is 36.8 Å². The Hall–Kier alpha value is -6.75. The average Bonchev–Trinajstić information content (AvgIpc) is 3.96. The Labute approximate surface area is 437 Å². The van der Waals surface area contributed by atoms with Gasteiger partial charge in [0.05, 0.1) is 34.6 Å². The minimum absolute atomic E-state index is 0.0799. The van der Waals surface area contributed by atoms with E-state index in [9.17, 15) is 19.2 Å². The van der Waals surface area contributed by atoms with E-state index in [0.29, 0.717) is 101 Å². The van der Waals surface area contributed by atoms with Crippen LogP contribution in [0.1, 0.15) is 120 Å². The van der Waals surface area contributed by atoms with E-state index in [-0.39, 0.29) is 65.2 Å². The van der Waals surface area contributed by atoms with Crippen molar-refractivity contribution in [1.29, 1.82) is 0 Å². The molecule has 5 amide bonds. The molecule has 2 N–H and O–H groups in total. The van der Waals surface area contributed by atoms with Crippen LogP contribution in [0.5, 0.6) is 0 Å². The quantitative estimate of drug-likeness (QED) is 0.131. The lowest BCUT2D eigenvalue weighted by atomic mass is 9.73. The van der Waals surface area contributed by atoms with Gasteiger partial charge in [0.15, 0.2) is 5.82 Å².